The number of aliphatic hydroxyl groups is 1. The maximum atomic E-state index is 14.2. The lowest BCUT2D eigenvalue weighted by Gasteiger charge is -2.22. The number of aliphatic hydroxyl groups excluding tert-OH is 1. The number of anilines is 2. The molecule has 1 aliphatic carbocycles. The number of halogens is 2. The molecule has 4 aromatic rings. The third kappa shape index (κ3) is 6.75. The van der Waals surface area contributed by atoms with Gasteiger partial charge in [0.05, 0.1) is 17.1 Å². The quantitative estimate of drug-likeness (QED) is 0.156. The van der Waals surface area contributed by atoms with Crippen molar-refractivity contribution in [3.8, 4) is 0 Å². The van der Waals surface area contributed by atoms with Gasteiger partial charge in [0.2, 0.25) is 18.2 Å². The molecule has 0 spiro atoms. The molecule has 0 radical (unpaired) electrons. The minimum Gasteiger partial charge on any atom is -0.364 e. The van der Waals surface area contributed by atoms with Crippen LogP contribution in [0.1, 0.15) is 28.9 Å². The van der Waals surface area contributed by atoms with Gasteiger partial charge in [0.15, 0.2) is 5.69 Å². The number of hydrogen-bond acceptors (Lipinski definition) is 8. The van der Waals surface area contributed by atoms with E-state index in [0.29, 0.717) is 22.3 Å². The van der Waals surface area contributed by atoms with E-state index in [-0.39, 0.29) is 47.9 Å². The first-order valence-corrected chi connectivity index (χ1v) is 13.5. The first-order chi connectivity index (χ1) is 20.2. The zero-order valence-corrected chi connectivity index (χ0v) is 23.0. The summed E-state index contributed by atoms with van der Waals surface area (Å²) in [5.41, 5.74) is 7.34. The van der Waals surface area contributed by atoms with Crippen LogP contribution in [0.25, 0.3) is 10.9 Å². The molecule has 3 amide bonds. The number of carbonyl (C=O) groups is 3. The van der Waals surface area contributed by atoms with Gasteiger partial charge >= 0.3 is 0 Å². The van der Waals surface area contributed by atoms with Crippen LogP contribution in [-0.2, 0) is 22.7 Å². The van der Waals surface area contributed by atoms with Crippen molar-refractivity contribution in [3.05, 3.63) is 83.0 Å². The zero-order chi connectivity index (χ0) is 29.8. The number of amides is 3. The molecule has 5 rings (SSSR count). The molecule has 218 valence electrons. The van der Waals surface area contributed by atoms with Gasteiger partial charge < -0.3 is 31.7 Å². The van der Waals surface area contributed by atoms with Crippen molar-refractivity contribution in [1.29, 1.82) is 0 Å². The van der Waals surface area contributed by atoms with E-state index in [0.717, 1.165) is 12.8 Å². The molecule has 1 fully saturated rings. The molecule has 1 atom stereocenters. The van der Waals surface area contributed by atoms with Crippen molar-refractivity contribution in [1.82, 2.24) is 25.0 Å². The average Bonchev–Trinajstić information content (AvgIpc) is 3.74. The van der Waals surface area contributed by atoms with Crippen LogP contribution in [0.2, 0.25) is 5.02 Å². The number of hydrogen-bond donors (Lipinski definition) is 5. The van der Waals surface area contributed by atoms with E-state index in [1.54, 1.807) is 48.8 Å². The molecule has 1 unspecified atom stereocenters. The number of rotatable bonds is 12. The van der Waals surface area contributed by atoms with E-state index in [2.05, 4.69) is 26.0 Å². The van der Waals surface area contributed by atoms with Crippen LogP contribution in [0.15, 0.2) is 60.9 Å². The van der Waals surface area contributed by atoms with E-state index < -0.39 is 24.0 Å². The first-order valence-electron chi connectivity index (χ1n) is 13.1. The summed E-state index contributed by atoms with van der Waals surface area (Å²) >= 11 is 5.81. The SMILES string of the molecule is NC(=O)c1nn(CC(=O)N(CC(=O)NCc2cccc(Cl)c2F)C2CC2)c2ccc(NC(O)Nc3ccncc3)cc12. The van der Waals surface area contributed by atoms with Gasteiger partial charge in [0.25, 0.3) is 5.91 Å². The van der Waals surface area contributed by atoms with Crippen LogP contribution in [0.3, 0.4) is 0 Å². The third-order valence-electron chi connectivity index (χ3n) is 6.69. The van der Waals surface area contributed by atoms with Crippen molar-refractivity contribution in [2.45, 2.75) is 38.3 Å². The second-order valence-corrected chi connectivity index (χ2v) is 10.2. The lowest BCUT2D eigenvalue weighted by Crippen LogP contribution is -2.43. The second-order valence-electron chi connectivity index (χ2n) is 9.77. The molecule has 42 heavy (non-hydrogen) atoms. The van der Waals surface area contributed by atoms with Gasteiger partial charge in [-0.2, -0.15) is 5.10 Å². The van der Waals surface area contributed by atoms with Gasteiger partial charge in [-0.15, -0.1) is 0 Å². The maximum Gasteiger partial charge on any atom is 0.269 e. The number of benzene rings is 2. The minimum absolute atomic E-state index is 0.0426. The molecule has 1 aliphatic rings. The number of nitrogens with one attached hydrogen (secondary N) is 3. The van der Waals surface area contributed by atoms with Gasteiger partial charge in [0, 0.05) is 47.3 Å². The van der Waals surface area contributed by atoms with E-state index in [4.69, 9.17) is 17.3 Å². The topological polar surface area (TPSA) is 168 Å². The summed E-state index contributed by atoms with van der Waals surface area (Å²) in [6, 6.07) is 12.7. The number of primary amides is 1. The highest BCUT2D eigenvalue weighted by Gasteiger charge is 2.34. The van der Waals surface area contributed by atoms with Crippen molar-refractivity contribution in [2.75, 3.05) is 17.2 Å². The van der Waals surface area contributed by atoms with E-state index in [9.17, 15) is 23.9 Å². The lowest BCUT2D eigenvalue weighted by atomic mass is 10.2. The van der Waals surface area contributed by atoms with Crippen molar-refractivity contribution in [2.24, 2.45) is 5.73 Å². The largest absolute Gasteiger partial charge is 0.364 e. The Labute approximate surface area is 244 Å². The van der Waals surface area contributed by atoms with Crippen LogP contribution in [0.5, 0.6) is 0 Å². The molecule has 0 aliphatic heterocycles. The number of carbonyl (C=O) groups excluding carboxylic acids is 3. The molecule has 1 saturated carbocycles. The zero-order valence-electron chi connectivity index (χ0n) is 22.3. The Bertz CT molecular complexity index is 1630. The van der Waals surface area contributed by atoms with Gasteiger partial charge in [-0.1, -0.05) is 23.7 Å². The molecular weight excluding hydrogens is 567 g/mol. The van der Waals surface area contributed by atoms with E-state index in [1.807, 2.05) is 0 Å². The smallest absolute Gasteiger partial charge is 0.269 e. The first kappa shape index (κ1) is 28.8. The van der Waals surface area contributed by atoms with Gasteiger partial charge in [0.1, 0.15) is 12.4 Å². The fourth-order valence-corrected chi connectivity index (χ4v) is 4.68. The summed E-state index contributed by atoms with van der Waals surface area (Å²) in [5, 5.41) is 23.4. The van der Waals surface area contributed by atoms with Crippen LogP contribution >= 0.6 is 11.6 Å². The summed E-state index contributed by atoms with van der Waals surface area (Å²) in [5.74, 6) is -2.22. The molecule has 2 heterocycles. The summed E-state index contributed by atoms with van der Waals surface area (Å²) in [6.45, 7) is -0.535. The molecule has 12 nitrogen and oxygen atoms in total. The highest BCUT2D eigenvalue weighted by molar-refractivity contribution is 6.30. The molecular formula is C28H28ClFN8O4. The number of nitrogens with zero attached hydrogens (tertiary/aromatic N) is 4. The fourth-order valence-electron chi connectivity index (χ4n) is 4.49. The summed E-state index contributed by atoms with van der Waals surface area (Å²) in [7, 11) is 0. The highest BCUT2D eigenvalue weighted by atomic mass is 35.5. The molecule has 6 N–H and O–H groups in total. The third-order valence-corrected chi connectivity index (χ3v) is 6.98. The molecule has 14 heteroatoms. The Morgan fingerprint density at radius 1 is 1.12 bits per heavy atom. The van der Waals surface area contributed by atoms with E-state index in [1.165, 1.54) is 21.7 Å². The monoisotopic (exact) mass is 594 g/mol. The van der Waals surface area contributed by atoms with Crippen molar-refractivity contribution in [3.63, 3.8) is 0 Å². The van der Waals surface area contributed by atoms with Crippen LogP contribution < -0.4 is 21.7 Å². The van der Waals surface area contributed by atoms with E-state index >= 15 is 0 Å². The van der Waals surface area contributed by atoms with Gasteiger partial charge in [-0.05, 0) is 49.2 Å². The molecule has 2 aromatic heterocycles. The number of pyridine rings is 1. The Balaban J connectivity index is 1.28. The number of nitrogens with two attached hydrogens (primary N) is 1. The van der Waals surface area contributed by atoms with Crippen molar-refractivity contribution < 1.29 is 23.9 Å². The van der Waals surface area contributed by atoms with Gasteiger partial charge in [-0.25, -0.2) is 4.39 Å². The Morgan fingerprint density at radius 2 is 1.86 bits per heavy atom. The summed E-state index contributed by atoms with van der Waals surface area (Å²) in [4.78, 5) is 43.6. The van der Waals surface area contributed by atoms with Crippen LogP contribution in [-0.4, -0.2) is 61.4 Å². The standard InChI is InChI=1S/C28H28ClFN8O4/c29-21-3-1-2-16(25(21)30)13-33-23(39)14-37(19-5-6-19)24(40)15-38-22-7-4-18(12-20(22)26(36-38)27(31)41)35-28(42)34-17-8-10-32-11-9-17/h1-4,7-12,19,28,35,42H,5-6,13-15H2,(H2,31,41)(H,32,34)(H,33,39). The lowest BCUT2D eigenvalue weighted by molar-refractivity contribution is -0.137. The molecule has 0 bridgehead atoms. The Morgan fingerprint density at radius 3 is 2.57 bits per heavy atom. The molecule has 2 aromatic carbocycles. The highest BCUT2D eigenvalue weighted by Crippen LogP contribution is 2.28. The normalized spacial score (nSPS) is 13.4. The minimum atomic E-state index is -1.16. The fraction of sp³-hybridized carbons (Fsp3) is 0.250. The van der Waals surface area contributed by atoms with Crippen LogP contribution in [0, 0.1) is 5.82 Å². The predicted molar refractivity (Wildman–Crippen MR) is 154 cm³/mol. The molecule has 0 saturated heterocycles. The number of fused-ring (bicyclic) bond motifs is 1. The van der Waals surface area contributed by atoms with Crippen molar-refractivity contribution >= 4 is 51.6 Å². The predicted octanol–water partition coefficient (Wildman–Crippen LogP) is 2.43. The second kappa shape index (κ2) is 12.4. The Hall–Kier alpha value is -4.75. The average molecular weight is 595 g/mol. The maximum absolute atomic E-state index is 14.2. The Kier molecular flexibility index (Phi) is 8.50. The number of aromatic nitrogens is 3. The summed E-state index contributed by atoms with van der Waals surface area (Å²) in [6.07, 6.45) is 3.49. The summed E-state index contributed by atoms with van der Waals surface area (Å²) < 4.78 is 15.5. The van der Waals surface area contributed by atoms with Gasteiger partial charge in [-0.3, -0.25) is 24.0 Å². The van der Waals surface area contributed by atoms with Crippen LogP contribution in [0.4, 0.5) is 15.8 Å².